The summed E-state index contributed by atoms with van der Waals surface area (Å²) in [5.74, 6) is 4.82. The Bertz CT molecular complexity index is 325. The molecule has 0 bridgehead atoms. The van der Waals surface area contributed by atoms with Gasteiger partial charge >= 0.3 is 0 Å². The summed E-state index contributed by atoms with van der Waals surface area (Å²) in [5.41, 5.74) is 3.69. The van der Waals surface area contributed by atoms with Crippen LogP contribution in [-0.2, 0) is 0 Å². The van der Waals surface area contributed by atoms with Gasteiger partial charge in [0.15, 0.2) is 0 Å². The van der Waals surface area contributed by atoms with Crippen LogP contribution in [0, 0.1) is 6.92 Å². The lowest BCUT2D eigenvalue weighted by Crippen LogP contribution is -2.30. The first-order valence-corrected chi connectivity index (χ1v) is 5.07. The maximum absolute atomic E-state index is 11.3. The number of nitrogens with two attached hydrogens (primary N) is 1. The first kappa shape index (κ1) is 10.1. The molecule has 0 atom stereocenters. The molecule has 1 aromatic carbocycles. The number of amides is 1. The van der Waals surface area contributed by atoms with Crippen LogP contribution in [0.3, 0.4) is 0 Å². The van der Waals surface area contributed by atoms with E-state index in [1.54, 1.807) is 11.8 Å². The second kappa shape index (κ2) is 4.30. The molecule has 0 fully saturated rings. The summed E-state index contributed by atoms with van der Waals surface area (Å²) in [6, 6.07) is 5.73. The van der Waals surface area contributed by atoms with Crippen molar-refractivity contribution in [2.24, 2.45) is 5.84 Å². The number of hydrazine groups is 1. The highest BCUT2D eigenvalue weighted by Gasteiger charge is 2.07. The third-order valence-corrected chi connectivity index (χ3v) is 2.55. The smallest absolute Gasteiger partial charge is 0.265 e. The summed E-state index contributed by atoms with van der Waals surface area (Å²) in [4.78, 5) is 12.3. The van der Waals surface area contributed by atoms with Gasteiger partial charge in [-0.05, 0) is 30.9 Å². The van der Waals surface area contributed by atoms with Gasteiger partial charge in [-0.1, -0.05) is 6.07 Å². The van der Waals surface area contributed by atoms with Crippen LogP contribution in [0.1, 0.15) is 15.9 Å². The maximum Gasteiger partial charge on any atom is 0.265 e. The van der Waals surface area contributed by atoms with E-state index >= 15 is 0 Å². The zero-order valence-electron chi connectivity index (χ0n) is 7.63. The molecular weight excluding hydrogens is 184 g/mol. The lowest BCUT2D eigenvalue weighted by molar-refractivity contribution is 0.0953. The Labute approximate surface area is 81.7 Å². The van der Waals surface area contributed by atoms with Crippen molar-refractivity contribution in [3.8, 4) is 0 Å². The lowest BCUT2D eigenvalue weighted by atomic mass is 10.1. The normalized spacial score (nSPS) is 9.77. The second-order valence-corrected chi connectivity index (χ2v) is 3.53. The van der Waals surface area contributed by atoms with Crippen molar-refractivity contribution >= 4 is 17.7 Å². The van der Waals surface area contributed by atoms with Crippen molar-refractivity contribution in [3.05, 3.63) is 29.3 Å². The van der Waals surface area contributed by atoms with E-state index in [1.807, 2.05) is 31.4 Å². The second-order valence-electron chi connectivity index (χ2n) is 2.65. The molecule has 0 aliphatic heterocycles. The third-order valence-electron chi connectivity index (χ3n) is 1.82. The standard InChI is InChI=1S/C9H12N2OS/c1-6-3-4-7(13-2)5-8(6)9(12)11-10/h3-5H,10H2,1-2H3,(H,11,12). The molecule has 0 aromatic heterocycles. The molecule has 13 heavy (non-hydrogen) atoms. The fourth-order valence-corrected chi connectivity index (χ4v) is 1.49. The monoisotopic (exact) mass is 196 g/mol. The van der Waals surface area contributed by atoms with Crippen molar-refractivity contribution < 1.29 is 4.79 Å². The van der Waals surface area contributed by atoms with E-state index in [-0.39, 0.29) is 5.91 Å². The number of carbonyl (C=O) groups excluding carboxylic acids is 1. The maximum atomic E-state index is 11.3. The summed E-state index contributed by atoms with van der Waals surface area (Å²) in [7, 11) is 0. The van der Waals surface area contributed by atoms with Gasteiger partial charge in [-0.3, -0.25) is 10.2 Å². The number of rotatable bonds is 2. The third kappa shape index (κ3) is 2.23. The first-order valence-electron chi connectivity index (χ1n) is 3.84. The van der Waals surface area contributed by atoms with Gasteiger partial charge in [0, 0.05) is 10.5 Å². The van der Waals surface area contributed by atoms with Crippen molar-refractivity contribution in [2.75, 3.05) is 6.26 Å². The lowest BCUT2D eigenvalue weighted by Gasteiger charge is -2.05. The van der Waals surface area contributed by atoms with E-state index in [1.165, 1.54) is 0 Å². The number of hydrogen-bond donors (Lipinski definition) is 2. The summed E-state index contributed by atoms with van der Waals surface area (Å²) >= 11 is 1.60. The number of aryl methyl sites for hydroxylation is 1. The zero-order valence-corrected chi connectivity index (χ0v) is 8.44. The van der Waals surface area contributed by atoms with Crippen molar-refractivity contribution in [2.45, 2.75) is 11.8 Å². The molecule has 0 spiro atoms. The molecular formula is C9H12N2OS. The molecule has 0 aliphatic rings. The summed E-state index contributed by atoms with van der Waals surface area (Å²) in [5, 5.41) is 0. The fraction of sp³-hybridized carbons (Fsp3) is 0.222. The molecule has 1 aromatic rings. The van der Waals surface area contributed by atoms with Crippen molar-refractivity contribution in [1.29, 1.82) is 0 Å². The molecule has 0 heterocycles. The molecule has 70 valence electrons. The Hall–Kier alpha value is -1.00. The Kier molecular flexibility index (Phi) is 3.33. The number of thioether (sulfide) groups is 1. The molecule has 1 rings (SSSR count). The molecule has 4 heteroatoms. The molecule has 0 unspecified atom stereocenters. The van der Waals surface area contributed by atoms with Gasteiger partial charge < -0.3 is 0 Å². The molecule has 0 radical (unpaired) electrons. The van der Waals surface area contributed by atoms with Crippen molar-refractivity contribution in [3.63, 3.8) is 0 Å². The van der Waals surface area contributed by atoms with E-state index < -0.39 is 0 Å². The van der Waals surface area contributed by atoms with E-state index in [4.69, 9.17) is 5.84 Å². The van der Waals surface area contributed by atoms with E-state index in [0.29, 0.717) is 5.56 Å². The van der Waals surface area contributed by atoms with Crippen LogP contribution in [-0.4, -0.2) is 12.2 Å². The van der Waals surface area contributed by atoms with Crippen LogP contribution in [0.15, 0.2) is 23.1 Å². The van der Waals surface area contributed by atoms with Gasteiger partial charge in [0.25, 0.3) is 5.91 Å². The number of benzene rings is 1. The first-order chi connectivity index (χ1) is 6.19. The van der Waals surface area contributed by atoms with Gasteiger partial charge in [-0.15, -0.1) is 11.8 Å². The van der Waals surface area contributed by atoms with E-state index in [0.717, 1.165) is 10.5 Å². The predicted octanol–water partition coefficient (Wildman–Crippen LogP) is 1.32. The quantitative estimate of drug-likeness (QED) is 0.324. The minimum Gasteiger partial charge on any atom is -0.290 e. The fourth-order valence-electron chi connectivity index (χ4n) is 1.05. The Morgan fingerprint density at radius 2 is 2.23 bits per heavy atom. The summed E-state index contributed by atoms with van der Waals surface area (Å²) in [6.07, 6.45) is 1.97. The number of hydrogen-bond acceptors (Lipinski definition) is 3. The summed E-state index contributed by atoms with van der Waals surface area (Å²) in [6.45, 7) is 1.88. The highest BCUT2D eigenvalue weighted by atomic mass is 32.2. The highest BCUT2D eigenvalue weighted by molar-refractivity contribution is 7.98. The van der Waals surface area contributed by atoms with Gasteiger partial charge in [0.1, 0.15) is 0 Å². The summed E-state index contributed by atoms with van der Waals surface area (Å²) < 4.78 is 0. The average molecular weight is 196 g/mol. The molecule has 1 amide bonds. The average Bonchev–Trinajstić information content (AvgIpc) is 2.17. The van der Waals surface area contributed by atoms with Crippen LogP contribution in [0.2, 0.25) is 0 Å². The topological polar surface area (TPSA) is 55.1 Å². The number of nitrogens with one attached hydrogen (secondary N) is 1. The van der Waals surface area contributed by atoms with Crippen LogP contribution < -0.4 is 11.3 Å². The van der Waals surface area contributed by atoms with Gasteiger partial charge in [0.05, 0.1) is 0 Å². The molecule has 0 saturated carbocycles. The van der Waals surface area contributed by atoms with Gasteiger partial charge in [-0.25, -0.2) is 5.84 Å². The number of carbonyl (C=O) groups is 1. The van der Waals surface area contributed by atoms with Gasteiger partial charge in [-0.2, -0.15) is 0 Å². The zero-order chi connectivity index (χ0) is 9.84. The highest BCUT2D eigenvalue weighted by Crippen LogP contribution is 2.18. The number of nitrogen functional groups attached to an aromatic ring is 1. The molecule has 0 saturated heterocycles. The SMILES string of the molecule is CSc1ccc(C)c(C(=O)NN)c1. The minimum atomic E-state index is -0.242. The Balaban J connectivity index is 3.11. The molecule has 3 N–H and O–H groups in total. The molecule has 3 nitrogen and oxygen atoms in total. The van der Waals surface area contributed by atoms with Crippen LogP contribution >= 0.6 is 11.8 Å². The van der Waals surface area contributed by atoms with Crippen LogP contribution in [0.5, 0.6) is 0 Å². The van der Waals surface area contributed by atoms with Gasteiger partial charge in [0.2, 0.25) is 0 Å². The van der Waals surface area contributed by atoms with E-state index in [2.05, 4.69) is 5.43 Å². The Morgan fingerprint density at radius 3 is 2.77 bits per heavy atom. The van der Waals surface area contributed by atoms with Crippen molar-refractivity contribution in [1.82, 2.24) is 5.43 Å². The minimum absolute atomic E-state index is 0.242. The predicted molar refractivity (Wildman–Crippen MR) is 54.6 cm³/mol. The van der Waals surface area contributed by atoms with E-state index in [9.17, 15) is 4.79 Å². The van der Waals surface area contributed by atoms with Crippen LogP contribution in [0.4, 0.5) is 0 Å². The van der Waals surface area contributed by atoms with Crippen LogP contribution in [0.25, 0.3) is 0 Å². The Morgan fingerprint density at radius 1 is 1.54 bits per heavy atom. The largest absolute Gasteiger partial charge is 0.290 e. The molecule has 0 aliphatic carbocycles.